The third kappa shape index (κ3) is 7.02. The molecule has 1 N–H and O–H groups in total. The van der Waals surface area contributed by atoms with Crippen LogP contribution in [-0.4, -0.2) is 54.3 Å². The van der Waals surface area contributed by atoms with Crippen molar-refractivity contribution in [2.24, 2.45) is 5.92 Å². The maximum atomic E-state index is 12.8. The summed E-state index contributed by atoms with van der Waals surface area (Å²) in [6.07, 6.45) is 3.39. The molecule has 1 saturated heterocycles. The molecule has 0 saturated carbocycles. The van der Waals surface area contributed by atoms with Gasteiger partial charge in [0.1, 0.15) is 0 Å². The van der Waals surface area contributed by atoms with Gasteiger partial charge in [0.25, 0.3) is 0 Å². The number of rotatable bonds is 12. The van der Waals surface area contributed by atoms with Crippen LogP contribution in [0.25, 0.3) is 0 Å². The van der Waals surface area contributed by atoms with Crippen molar-refractivity contribution in [1.82, 2.24) is 4.90 Å². The van der Waals surface area contributed by atoms with E-state index in [1.807, 2.05) is 73.7 Å². The van der Waals surface area contributed by atoms with Crippen molar-refractivity contribution in [3.8, 4) is 0 Å². The number of aliphatic hydroxyl groups is 1. The van der Waals surface area contributed by atoms with Gasteiger partial charge in [-0.05, 0) is 23.3 Å². The van der Waals surface area contributed by atoms with Gasteiger partial charge in [-0.15, -0.1) is 0 Å². The van der Waals surface area contributed by atoms with Crippen LogP contribution in [0.1, 0.15) is 43.9 Å². The van der Waals surface area contributed by atoms with E-state index in [1.54, 1.807) is 12.0 Å². The fraction of sp³-hybridized carbons (Fsp3) is 0.393. The first-order chi connectivity index (χ1) is 17.3. The van der Waals surface area contributed by atoms with Crippen LogP contribution in [-0.2, 0) is 30.4 Å². The molecule has 36 heavy (non-hydrogen) atoms. The van der Waals surface area contributed by atoms with E-state index in [9.17, 15) is 19.5 Å². The zero-order chi connectivity index (χ0) is 26.1. The first kappa shape index (κ1) is 27.1. The molecule has 2 aromatic carbocycles. The molecular weight excluding hydrogens is 460 g/mol. The van der Waals surface area contributed by atoms with Gasteiger partial charge in [0.15, 0.2) is 6.23 Å². The summed E-state index contributed by atoms with van der Waals surface area (Å²) in [7, 11) is 1.63. The minimum Gasteiger partial charge on any atom is -0.441 e. The Morgan fingerprint density at radius 2 is 1.86 bits per heavy atom. The molecule has 8 heteroatoms. The smallest absolute Gasteiger partial charge is 0.304 e. The number of hydrogen-bond donors (Lipinski definition) is 1. The van der Waals surface area contributed by atoms with E-state index in [-0.39, 0.29) is 49.8 Å². The van der Waals surface area contributed by atoms with Crippen LogP contribution in [0.2, 0.25) is 0 Å². The van der Waals surface area contributed by atoms with Gasteiger partial charge >= 0.3 is 5.97 Å². The van der Waals surface area contributed by atoms with E-state index in [2.05, 4.69) is 0 Å². The molecule has 192 valence electrons. The third-order valence-corrected chi connectivity index (χ3v) is 6.11. The summed E-state index contributed by atoms with van der Waals surface area (Å²) in [6, 6.07) is 17.1. The lowest BCUT2D eigenvalue weighted by atomic mass is 9.95. The van der Waals surface area contributed by atoms with Gasteiger partial charge in [-0.2, -0.15) is 0 Å². The quantitative estimate of drug-likeness (QED) is 0.275. The maximum Gasteiger partial charge on any atom is 0.304 e. The van der Waals surface area contributed by atoms with Gasteiger partial charge in [0.05, 0.1) is 19.1 Å². The van der Waals surface area contributed by atoms with E-state index in [0.717, 1.165) is 11.1 Å². The molecule has 1 heterocycles. The Bertz CT molecular complexity index is 1050. The second kappa shape index (κ2) is 13.0. The first-order valence-electron chi connectivity index (χ1n) is 12.0. The fourth-order valence-corrected chi connectivity index (χ4v) is 4.29. The Morgan fingerprint density at radius 3 is 2.44 bits per heavy atom. The summed E-state index contributed by atoms with van der Waals surface area (Å²) >= 11 is 0. The number of aliphatic hydroxyl groups excluding tert-OH is 1. The molecule has 3 atom stereocenters. The third-order valence-electron chi connectivity index (χ3n) is 6.11. The molecule has 0 bridgehead atoms. The number of carbonyl (C=O) groups excluding carboxylic acids is 3. The second-order valence-corrected chi connectivity index (χ2v) is 8.80. The van der Waals surface area contributed by atoms with E-state index in [4.69, 9.17) is 9.47 Å². The van der Waals surface area contributed by atoms with Crippen LogP contribution in [0.4, 0.5) is 5.69 Å². The van der Waals surface area contributed by atoms with Crippen LogP contribution in [0, 0.1) is 5.92 Å². The normalized spacial score (nSPS) is 16.9. The van der Waals surface area contributed by atoms with E-state index < -0.39 is 12.2 Å². The number of carbonyl (C=O) groups is 3. The second-order valence-electron chi connectivity index (χ2n) is 8.80. The molecule has 1 unspecified atom stereocenters. The monoisotopic (exact) mass is 494 g/mol. The lowest BCUT2D eigenvalue weighted by molar-refractivity contribution is -0.153. The summed E-state index contributed by atoms with van der Waals surface area (Å²) in [6.45, 7) is 3.97. The minimum atomic E-state index is -0.564. The Hall–Kier alpha value is -3.49. The Morgan fingerprint density at radius 1 is 1.17 bits per heavy atom. The topological polar surface area (TPSA) is 96.4 Å². The van der Waals surface area contributed by atoms with Crippen molar-refractivity contribution in [2.45, 2.75) is 45.6 Å². The van der Waals surface area contributed by atoms with Gasteiger partial charge in [-0.1, -0.05) is 61.5 Å². The zero-order valence-electron chi connectivity index (χ0n) is 21.0. The van der Waals surface area contributed by atoms with Crippen molar-refractivity contribution < 1.29 is 29.0 Å². The number of hydrogen-bond acceptors (Lipinski definition) is 6. The number of nitrogens with zero attached hydrogens (tertiary/aromatic N) is 2. The molecule has 1 fully saturated rings. The zero-order valence-corrected chi connectivity index (χ0v) is 21.0. The Balaban J connectivity index is 1.59. The predicted molar refractivity (Wildman–Crippen MR) is 136 cm³/mol. The molecular formula is C28H34N2O6. The summed E-state index contributed by atoms with van der Waals surface area (Å²) in [5.74, 6) is -0.599. The number of esters is 1. The average Bonchev–Trinajstić information content (AvgIpc) is 2.85. The molecule has 0 aromatic heterocycles. The molecule has 0 spiro atoms. The van der Waals surface area contributed by atoms with Gasteiger partial charge in [0.2, 0.25) is 11.8 Å². The number of amides is 2. The molecule has 1 aliphatic rings. The van der Waals surface area contributed by atoms with Crippen molar-refractivity contribution in [1.29, 1.82) is 0 Å². The highest BCUT2D eigenvalue weighted by Gasteiger charge is 2.39. The number of β-lactam (4-membered cyclic amide) rings is 1. The summed E-state index contributed by atoms with van der Waals surface area (Å²) in [5, 5.41) is 9.38. The van der Waals surface area contributed by atoms with Crippen molar-refractivity contribution in [2.75, 3.05) is 25.2 Å². The highest BCUT2D eigenvalue weighted by Crippen LogP contribution is 2.32. The number of anilines is 1. The highest BCUT2D eigenvalue weighted by molar-refractivity contribution is 6.00. The van der Waals surface area contributed by atoms with Crippen molar-refractivity contribution >= 4 is 23.5 Å². The number of methoxy groups -OCH3 is 1. The lowest BCUT2D eigenvalue weighted by Crippen LogP contribution is -2.54. The van der Waals surface area contributed by atoms with Crippen LogP contribution < -0.4 is 4.90 Å². The van der Waals surface area contributed by atoms with E-state index in [0.29, 0.717) is 12.2 Å². The standard InChI is InChI=1S/C28H34N2O6/c1-20(8-7-11-25(33)29(16-17-31)19-22-9-5-4-6-10-22)28(35-3)23-12-14-24(15-13-23)30-26(34)18-27(30)36-21(2)32/h4-10,12-15,20,27-28,31H,11,16-19H2,1-3H3/b8-7+/t20-,27?,28+/m1/s1. The van der Waals surface area contributed by atoms with Crippen LogP contribution in [0.5, 0.6) is 0 Å². The highest BCUT2D eigenvalue weighted by atomic mass is 16.6. The van der Waals surface area contributed by atoms with Crippen molar-refractivity contribution in [3.63, 3.8) is 0 Å². The largest absolute Gasteiger partial charge is 0.441 e. The van der Waals surface area contributed by atoms with Gasteiger partial charge in [0, 0.05) is 45.1 Å². The summed E-state index contributed by atoms with van der Waals surface area (Å²) in [4.78, 5) is 39.1. The fourth-order valence-electron chi connectivity index (χ4n) is 4.29. The van der Waals surface area contributed by atoms with Gasteiger partial charge < -0.3 is 19.5 Å². The molecule has 1 aliphatic heterocycles. The van der Waals surface area contributed by atoms with Crippen LogP contribution >= 0.6 is 0 Å². The SMILES string of the molecule is CO[C@H](c1ccc(N2C(=O)CC2OC(C)=O)cc1)[C@H](C)/C=C/CC(=O)N(CCO)Cc1ccccc1. The first-order valence-corrected chi connectivity index (χ1v) is 12.0. The molecule has 0 aliphatic carbocycles. The van der Waals surface area contributed by atoms with Crippen LogP contribution in [0.3, 0.4) is 0 Å². The van der Waals surface area contributed by atoms with Gasteiger partial charge in [-0.25, -0.2) is 0 Å². The molecule has 2 amide bonds. The number of ether oxygens (including phenoxy) is 2. The Kier molecular flexibility index (Phi) is 9.78. The Labute approximate surface area is 212 Å². The molecule has 3 rings (SSSR count). The van der Waals surface area contributed by atoms with Crippen molar-refractivity contribution in [3.05, 3.63) is 77.9 Å². The molecule has 2 aromatic rings. The maximum absolute atomic E-state index is 12.8. The van der Waals surface area contributed by atoms with Crippen LogP contribution in [0.15, 0.2) is 66.7 Å². The summed E-state index contributed by atoms with van der Waals surface area (Å²) < 4.78 is 10.9. The number of benzene rings is 2. The predicted octanol–water partition coefficient (Wildman–Crippen LogP) is 3.60. The van der Waals surface area contributed by atoms with E-state index in [1.165, 1.54) is 11.8 Å². The minimum absolute atomic E-state index is 0.0199. The van der Waals surface area contributed by atoms with E-state index >= 15 is 0 Å². The molecule has 0 radical (unpaired) electrons. The lowest BCUT2D eigenvalue weighted by Gasteiger charge is -2.39. The molecule has 8 nitrogen and oxygen atoms in total. The summed E-state index contributed by atoms with van der Waals surface area (Å²) in [5.41, 5.74) is 2.60. The average molecular weight is 495 g/mol. The van der Waals surface area contributed by atoms with Gasteiger partial charge in [-0.3, -0.25) is 19.3 Å².